The molecule has 0 spiro atoms. The molecule has 0 radical (unpaired) electrons. The zero-order chi connectivity index (χ0) is 19.5. The molecule has 1 N–H and O–H groups in total. The van der Waals surface area contributed by atoms with Crippen LogP contribution in [-0.4, -0.2) is 60.5 Å². The van der Waals surface area contributed by atoms with Crippen molar-refractivity contribution >= 4 is 29.0 Å². The minimum absolute atomic E-state index is 0.0303. The number of anilines is 3. The summed E-state index contributed by atoms with van der Waals surface area (Å²) < 4.78 is 0. The fourth-order valence-corrected chi connectivity index (χ4v) is 3.91. The third-order valence-electron chi connectivity index (χ3n) is 5.33. The number of hydrogen-bond acceptors (Lipinski definition) is 5. The van der Waals surface area contributed by atoms with Crippen molar-refractivity contribution in [3.8, 4) is 0 Å². The zero-order valence-electron chi connectivity index (χ0n) is 16.0. The summed E-state index contributed by atoms with van der Waals surface area (Å²) in [4.78, 5) is 35.9. The van der Waals surface area contributed by atoms with Crippen LogP contribution in [0.2, 0.25) is 0 Å². The van der Waals surface area contributed by atoms with Gasteiger partial charge in [0.1, 0.15) is 5.82 Å². The van der Waals surface area contributed by atoms with Crippen molar-refractivity contribution in [2.45, 2.75) is 19.4 Å². The molecule has 146 valence electrons. The van der Waals surface area contributed by atoms with Gasteiger partial charge in [0.15, 0.2) is 0 Å². The number of para-hydroxylation sites is 2. The van der Waals surface area contributed by atoms with Gasteiger partial charge in [0.2, 0.25) is 11.8 Å². The molecule has 1 fully saturated rings. The molecule has 1 saturated heterocycles. The number of carbonyl (C=O) groups excluding carboxylic acids is 2. The molecule has 7 heteroatoms. The quantitative estimate of drug-likeness (QED) is 0.883. The topological polar surface area (TPSA) is 68.8 Å². The number of benzene rings is 1. The first-order valence-electron chi connectivity index (χ1n) is 9.71. The van der Waals surface area contributed by atoms with Gasteiger partial charge in [0, 0.05) is 44.8 Å². The van der Waals surface area contributed by atoms with Gasteiger partial charge in [-0.25, -0.2) is 4.98 Å². The Hall–Kier alpha value is -2.93. The van der Waals surface area contributed by atoms with Crippen LogP contribution in [0, 0.1) is 0 Å². The van der Waals surface area contributed by atoms with E-state index in [0.29, 0.717) is 18.7 Å². The first-order valence-corrected chi connectivity index (χ1v) is 9.71. The number of nitrogens with one attached hydrogen (secondary N) is 1. The predicted molar refractivity (Wildman–Crippen MR) is 110 cm³/mol. The average molecular weight is 379 g/mol. The molecule has 0 bridgehead atoms. The largest absolute Gasteiger partial charge is 0.354 e. The number of hydrogen-bond donors (Lipinski definition) is 1. The third kappa shape index (κ3) is 3.84. The van der Waals surface area contributed by atoms with Crippen molar-refractivity contribution in [1.29, 1.82) is 0 Å². The first-order chi connectivity index (χ1) is 13.6. The lowest BCUT2D eigenvalue weighted by Crippen LogP contribution is -2.51. The van der Waals surface area contributed by atoms with Crippen molar-refractivity contribution < 1.29 is 9.59 Å². The summed E-state index contributed by atoms with van der Waals surface area (Å²) >= 11 is 0. The molecule has 0 unspecified atom stereocenters. The maximum Gasteiger partial charge on any atom is 0.241 e. The number of nitrogens with zero attached hydrogens (tertiary/aromatic N) is 4. The molecule has 7 nitrogen and oxygen atoms in total. The Morgan fingerprint density at radius 1 is 1.11 bits per heavy atom. The normalized spacial score (nSPS) is 20.3. The summed E-state index contributed by atoms with van der Waals surface area (Å²) in [6, 6.07) is 13.3. The molecule has 1 aromatic carbocycles. The molecular formula is C21H25N5O2. The Bertz CT molecular complexity index is 849. The van der Waals surface area contributed by atoms with Crippen molar-refractivity contribution in [2.24, 2.45) is 0 Å². The van der Waals surface area contributed by atoms with E-state index in [0.717, 1.165) is 37.7 Å². The van der Waals surface area contributed by atoms with E-state index in [9.17, 15) is 9.59 Å². The van der Waals surface area contributed by atoms with E-state index in [4.69, 9.17) is 0 Å². The van der Waals surface area contributed by atoms with Gasteiger partial charge in [-0.05, 0) is 31.2 Å². The van der Waals surface area contributed by atoms with E-state index in [-0.39, 0.29) is 17.9 Å². The highest BCUT2D eigenvalue weighted by molar-refractivity contribution is 6.04. The lowest BCUT2D eigenvalue weighted by Gasteiger charge is -2.36. The second-order valence-electron chi connectivity index (χ2n) is 7.33. The number of pyridine rings is 1. The molecule has 28 heavy (non-hydrogen) atoms. The van der Waals surface area contributed by atoms with E-state index >= 15 is 0 Å². The summed E-state index contributed by atoms with van der Waals surface area (Å²) in [6.45, 7) is 5.58. The Morgan fingerprint density at radius 2 is 1.86 bits per heavy atom. The second kappa shape index (κ2) is 7.98. The highest BCUT2D eigenvalue weighted by Crippen LogP contribution is 2.31. The number of carbonyl (C=O) groups is 2. The summed E-state index contributed by atoms with van der Waals surface area (Å²) in [5, 5.41) is 2.91. The molecule has 2 aliphatic rings. The fourth-order valence-electron chi connectivity index (χ4n) is 3.91. The van der Waals surface area contributed by atoms with Crippen LogP contribution in [-0.2, 0) is 9.59 Å². The average Bonchev–Trinajstić information content (AvgIpc) is 2.83. The SMILES string of the molecule is C[C@@H]1CC(=O)Nc2ccccc2N1C(=O)CN1CCN(c2ccccn2)CC1. The van der Waals surface area contributed by atoms with Crippen LogP contribution in [0.1, 0.15) is 13.3 Å². The number of aromatic nitrogens is 1. The van der Waals surface area contributed by atoms with E-state index < -0.39 is 0 Å². The van der Waals surface area contributed by atoms with E-state index in [1.165, 1.54) is 0 Å². The lowest BCUT2D eigenvalue weighted by atomic mass is 10.1. The summed E-state index contributed by atoms with van der Waals surface area (Å²) in [6.07, 6.45) is 2.10. The molecule has 1 aromatic heterocycles. The van der Waals surface area contributed by atoms with Crippen LogP contribution < -0.4 is 15.1 Å². The minimum atomic E-state index is -0.175. The molecule has 2 aliphatic heterocycles. The van der Waals surface area contributed by atoms with Crippen LogP contribution in [0.3, 0.4) is 0 Å². The first kappa shape index (κ1) is 18.4. The summed E-state index contributed by atoms with van der Waals surface area (Å²) in [5.41, 5.74) is 1.48. The van der Waals surface area contributed by atoms with Gasteiger partial charge in [-0.3, -0.25) is 14.5 Å². The summed E-state index contributed by atoms with van der Waals surface area (Å²) in [5.74, 6) is 0.954. The fraction of sp³-hybridized carbons (Fsp3) is 0.381. The predicted octanol–water partition coefficient (Wildman–Crippen LogP) is 1.97. The molecule has 4 rings (SSSR count). The van der Waals surface area contributed by atoms with E-state index in [2.05, 4.69) is 20.1 Å². The maximum atomic E-state index is 13.2. The molecule has 2 aromatic rings. The standard InChI is InChI=1S/C21H25N5O2/c1-16-14-20(27)23-17-6-2-3-7-18(17)26(16)21(28)15-24-10-12-25(13-11-24)19-8-4-5-9-22-19/h2-9,16H,10-15H2,1H3,(H,23,27)/t16-/m1/s1. The van der Waals surface area contributed by atoms with Crippen LogP contribution in [0.4, 0.5) is 17.2 Å². The highest BCUT2D eigenvalue weighted by atomic mass is 16.2. The number of piperazine rings is 1. The van der Waals surface area contributed by atoms with Gasteiger partial charge in [-0.1, -0.05) is 18.2 Å². The summed E-state index contributed by atoms with van der Waals surface area (Å²) in [7, 11) is 0. The van der Waals surface area contributed by atoms with Crippen LogP contribution in [0.15, 0.2) is 48.7 Å². The smallest absolute Gasteiger partial charge is 0.241 e. The maximum absolute atomic E-state index is 13.2. The number of fused-ring (bicyclic) bond motifs is 1. The second-order valence-corrected chi connectivity index (χ2v) is 7.33. The molecule has 0 saturated carbocycles. The Morgan fingerprint density at radius 3 is 2.61 bits per heavy atom. The Balaban J connectivity index is 1.43. The number of amides is 2. The van der Waals surface area contributed by atoms with Gasteiger partial charge in [0.05, 0.1) is 17.9 Å². The van der Waals surface area contributed by atoms with E-state index in [1.807, 2.05) is 49.4 Å². The molecule has 2 amide bonds. The van der Waals surface area contributed by atoms with Gasteiger partial charge < -0.3 is 15.1 Å². The lowest BCUT2D eigenvalue weighted by molar-refractivity contribution is -0.120. The van der Waals surface area contributed by atoms with Gasteiger partial charge >= 0.3 is 0 Å². The molecule has 1 atom stereocenters. The molecular weight excluding hydrogens is 354 g/mol. The van der Waals surface area contributed by atoms with Crippen molar-refractivity contribution in [3.05, 3.63) is 48.7 Å². The van der Waals surface area contributed by atoms with Crippen LogP contribution in [0.5, 0.6) is 0 Å². The van der Waals surface area contributed by atoms with Crippen molar-refractivity contribution in [3.63, 3.8) is 0 Å². The van der Waals surface area contributed by atoms with Crippen molar-refractivity contribution in [1.82, 2.24) is 9.88 Å². The molecule has 3 heterocycles. The Labute approximate surface area is 164 Å². The van der Waals surface area contributed by atoms with Gasteiger partial charge in [0.25, 0.3) is 0 Å². The van der Waals surface area contributed by atoms with Crippen LogP contribution >= 0.6 is 0 Å². The van der Waals surface area contributed by atoms with Crippen molar-refractivity contribution in [2.75, 3.05) is 47.8 Å². The van der Waals surface area contributed by atoms with Gasteiger partial charge in [-0.15, -0.1) is 0 Å². The third-order valence-corrected chi connectivity index (χ3v) is 5.33. The monoisotopic (exact) mass is 379 g/mol. The van der Waals surface area contributed by atoms with Gasteiger partial charge in [-0.2, -0.15) is 0 Å². The minimum Gasteiger partial charge on any atom is -0.354 e. The molecule has 0 aliphatic carbocycles. The highest BCUT2D eigenvalue weighted by Gasteiger charge is 2.31. The zero-order valence-corrected chi connectivity index (χ0v) is 16.0. The number of rotatable bonds is 3. The Kier molecular flexibility index (Phi) is 5.25. The van der Waals surface area contributed by atoms with Crippen LogP contribution in [0.25, 0.3) is 0 Å². The van der Waals surface area contributed by atoms with E-state index in [1.54, 1.807) is 11.1 Å².